The van der Waals surface area contributed by atoms with Crippen LogP contribution in [0.1, 0.15) is 37.4 Å². The van der Waals surface area contributed by atoms with Crippen molar-refractivity contribution >= 4 is 17.1 Å². The summed E-state index contributed by atoms with van der Waals surface area (Å²) in [4.78, 5) is 33.8. The molecule has 3 aromatic heterocycles. The summed E-state index contributed by atoms with van der Waals surface area (Å²) >= 11 is 0. The fourth-order valence-electron chi connectivity index (χ4n) is 3.69. The van der Waals surface area contributed by atoms with Gasteiger partial charge in [-0.3, -0.25) is 14.4 Å². The van der Waals surface area contributed by atoms with Gasteiger partial charge in [-0.15, -0.1) is 0 Å². The van der Waals surface area contributed by atoms with Gasteiger partial charge in [0, 0.05) is 37.9 Å². The number of nitrogen functional groups attached to an aromatic ring is 3. The van der Waals surface area contributed by atoms with Gasteiger partial charge in [-0.2, -0.15) is 0 Å². The lowest BCUT2D eigenvalue weighted by Crippen LogP contribution is -2.21. The molecule has 3 fully saturated rings. The van der Waals surface area contributed by atoms with E-state index in [1.165, 1.54) is 31.9 Å². The molecule has 3 aliphatic rings. The van der Waals surface area contributed by atoms with Gasteiger partial charge in [0.2, 0.25) is 0 Å². The van der Waals surface area contributed by atoms with Crippen molar-refractivity contribution in [1.29, 1.82) is 0 Å². The zero-order valence-corrected chi connectivity index (χ0v) is 19.2. The molecule has 0 bridgehead atoms. The van der Waals surface area contributed by atoms with Crippen molar-refractivity contribution in [1.82, 2.24) is 13.7 Å². The predicted octanol–water partition coefficient (Wildman–Crippen LogP) is 2.14. The molecule has 0 saturated heterocycles. The highest BCUT2D eigenvalue weighted by molar-refractivity contribution is 5.35. The van der Waals surface area contributed by atoms with Crippen molar-refractivity contribution < 1.29 is 13.2 Å². The lowest BCUT2D eigenvalue weighted by molar-refractivity contribution is 0.438. The first kappa shape index (κ1) is 25.1. The third kappa shape index (κ3) is 5.47. The first-order valence-corrected chi connectivity index (χ1v) is 11.4. The molecule has 3 saturated carbocycles. The number of halogens is 3. The number of pyridine rings is 3. The van der Waals surface area contributed by atoms with Crippen LogP contribution in [0, 0.1) is 0 Å². The van der Waals surface area contributed by atoms with Gasteiger partial charge in [0.25, 0.3) is 16.7 Å². The van der Waals surface area contributed by atoms with Gasteiger partial charge in [-0.1, -0.05) is 0 Å². The van der Waals surface area contributed by atoms with Gasteiger partial charge < -0.3 is 30.9 Å². The molecule has 6 rings (SSSR count). The minimum atomic E-state index is -0.871. The summed E-state index contributed by atoms with van der Waals surface area (Å²) in [7, 11) is 0. The first-order valence-electron chi connectivity index (χ1n) is 11.4. The number of nitrogens with two attached hydrogens (primary N) is 3. The Morgan fingerprint density at radius 3 is 0.972 bits per heavy atom. The van der Waals surface area contributed by atoms with E-state index >= 15 is 0 Å². The van der Waals surface area contributed by atoms with E-state index in [0.717, 1.165) is 0 Å². The minimum absolute atomic E-state index is 0.177. The van der Waals surface area contributed by atoms with Gasteiger partial charge in [-0.05, 0) is 36.4 Å². The van der Waals surface area contributed by atoms with Crippen LogP contribution in [0.4, 0.5) is 30.2 Å². The largest absolute Gasteiger partial charge is 0.394 e. The Morgan fingerprint density at radius 2 is 0.778 bits per heavy atom. The molecule has 6 atom stereocenters. The van der Waals surface area contributed by atoms with E-state index in [-0.39, 0.29) is 51.9 Å². The van der Waals surface area contributed by atoms with E-state index in [4.69, 9.17) is 17.2 Å². The molecule has 3 aliphatic carbocycles. The van der Waals surface area contributed by atoms with E-state index in [1.807, 2.05) is 0 Å². The number of hydrogen-bond donors (Lipinski definition) is 3. The second kappa shape index (κ2) is 9.96. The fraction of sp³-hybridized carbons (Fsp3) is 0.375. The molecule has 3 aromatic rings. The second-order valence-electron chi connectivity index (χ2n) is 8.98. The Morgan fingerprint density at radius 1 is 0.556 bits per heavy atom. The highest BCUT2D eigenvalue weighted by Gasteiger charge is 2.41. The SMILES string of the molecule is Nc1cccn([C@@H]2C[C@H]2F)c1=O.Nc1cccn([C@@H]2C[C@H]2F)c1=O.Nc1cccn([C@H]2C[C@@H]2F)c1=O. The normalized spacial score (nSPS) is 27.1. The number of hydrogen-bond acceptors (Lipinski definition) is 6. The molecule has 192 valence electrons. The Labute approximate surface area is 203 Å². The maximum atomic E-state index is 12.6. The third-order valence-electron chi connectivity index (χ3n) is 6.13. The predicted molar refractivity (Wildman–Crippen MR) is 131 cm³/mol. The van der Waals surface area contributed by atoms with Crippen LogP contribution in [0.2, 0.25) is 0 Å². The summed E-state index contributed by atoms with van der Waals surface area (Å²) in [6.07, 6.45) is 3.41. The molecule has 3 heterocycles. The van der Waals surface area contributed by atoms with Gasteiger partial charge >= 0.3 is 0 Å². The zero-order chi connectivity index (χ0) is 26.1. The van der Waals surface area contributed by atoms with Crippen molar-refractivity contribution in [3.63, 3.8) is 0 Å². The molecule has 0 unspecified atom stereocenters. The maximum absolute atomic E-state index is 12.6. The van der Waals surface area contributed by atoms with Crippen LogP contribution in [-0.4, -0.2) is 32.2 Å². The quantitative estimate of drug-likeness (QED) is 0.499. The Bertz CT molecular complexity index is 1250. The highest BCUT2D eigenvalue weighted by atomic mass is 19.1. The zero-order valence-electron chi connectivity index (χ0n) is 19.2. The monoisotopic (exact) mass is 504 g/mol. The summed E-state index contributed by atoms with van der Waals surface area (Å²) in [5, 5.41) is 0. The topological polar surface area (TPSA) is 144 Å². The molecule has 0 amide bonds. The molecule has 6 N–H and O–H groups in total. The molecule has 9 nitrogen and oxygen atoms in total. The minimum Gasteiger partial charge on any atom is -0.394 e. The van der Waals surface area contributed by atoms with E-state index < -0.39 is 18.5 Å². The van der Waals surface area contributed by atoms with Crippen molar-refractivity contribution in [2.24, 2.45) is 0 Å². The summed E-state index contributed by atoms with van der Waals surface area (Å²) in [6, 6.07) is 8.70. The third-order valence-corrected chi connectivity index (χ3v) is 6.13. The van der Waals surface area contributed by atoms with E-state index in [2.05, 4.69) is 0 Å². The lowest BCUT2D eigenvalue weighted by atomic mass is 10.4. The van der Waals surface area contributed by atoms with Crippen molar-refractivity contribution in [2.75, 3.05) is 17.2 Å². The standard InChI is InChI=1S/3C8H9FN2O/c3*9-5-4-7(5)11-3-1-2-6(10)8(11)12/h3*1-3,5,7H,4,10H2/t3*5-,7-/m110/s1. The van der Waals surface area contributed by atoms with Gasteiger partial charge in [-0.25, -0.2) is 13.2 Å². The molecular formula is C24H27F3N6O3. The summed E-state index contributed by atoms with van der Waals surface area (Å²) in [5.74, 6) is 0. The summed E-state index contributed by atoms with van der Waals surface area (Å²) < 4.78 is 41.8. The van der Waals surface area contributed by atoms with Gasteiger partial charge in [0.15, 0.2) is 0 Å². The Kier molecular flexibility index (Phi) is 6.95. The molecule has 0 radical (unpaired) electrons. The number of alkyl halides is 3. The lowest BCUT2D eigenvalue weighted by Gasteiger charge is -2.02. The number of nitrogens with zero attached hydrogens (tertiary/aromatic N) is 3. The summed E-state index contributed by atoms with van der Waals surface area (Å²) in [6.45, 7) is 0. The van der Waals surface area contributed by atoms with Crippen LogP contribution in [-0.2, 0) is 0 Å². The van der Waals surface area contributed by atoms with Crippen LogP contribution in [0.5, 0.6) is 0 Å². The molecule has 0 aromatic carbocycles. The van der Waals surface area contributed by atoms with Crippen LogP contribution in [0.3, 0.4) is 0 Å². The number of anilines is 3. The fourth-order valence-corrected chi connectivity index (χ4v) is 3.69. The molecular weight excluding hydrogens is 477 g/mol. The van der Waals surface area contributed by atoms with Crippen LogP contribution in [0.25, 0.3) is 0 Å². The molecule has 36 heavy (non-hydrogen) atoms. The van der Waals surface area contributed by atoms with Gasteiger partial charge in [0.1, 0.15) is 18.5 Å². The summed E-state index contributed by atoms with van der Waals surface area (Å²) in [5.41, 5.74) is 15.8. The highest BCUT2D eigenvalue weighted by Crippen LogP contribution is 2.38. The molecule has 12 heteroatoms. The Balaban J connectivity index is 0.000000127. The number of aromatic nitrogens is 3. The van der Waals surface area contributed by atoms with E-state index in [1.54, 1.807) is 36.8 Å². The first-order chi connectivity index (χ1) is 17.1. The van der Waals surface area contributed by atoms with Crippen LogP contribution in [0.15, 0.2) is 69.4 Å². The molecule has 0 spiro atoms. The van der Waals surface area contributed by atoms with E-state index in [9.17, 15) is 27.6 Å². The van der Waals surface area contributed by atoms with Gasteiger partial charge in [0.05, 0.1) is 35.2 Å². The van der Waals surface area contributed by atoms with Crippen molar-refractivity contribution in [2.45, 2.75) is 55.9 Å². The number of rotatable bonds is 3. The molecule has 0 aliphatic heterocycles. The van der Waals surface area contributed by atoms with Crippen LogP contribution < -0.4 is 33.9 Å². The van der Waals surface area contributed by atoms with Crippen molar-refractivity contribution in [3.05, 3.63) is 86.1 Å². The van der Waals surface area contributed by atoms with Crippen LogP contribution >= 0.6 is 0 Å². The maximum Gasteiger partial charge on any atom is 0.274 e. The smallest absolute Gasteiger partial charge is 0.274 e. The van der Waals surface area contributed by atoms with E-state index in [0.29, 0.717) is 19.3 Å². The average Bonchev–Trinajstić information content (AvgIpc) is 3.79. The Hall–Kier alpha value is -3.96. The average molecular weight is 505 g/mol. The second-order valence-corrected chi connectivity index (χ2v) is 8.98. The van der Waals surface area contributed by atoms with Crippen molar-refractivity contribution in [3.8, 4) is 0 Å².